The van der Waals surface area contributed by atoms with Crippen molar-refractivity contribution >= 4 is 5.78 Å². The highest BCUT2D eigenvalue weighted by Crippen LogP contribution is 2.08. The van der Waals surface area contributed by atoms with Gasteiger partial charge in [0.2, 0.25) is 0 Å². The summed E-state index contributed by atoms with van der Waals surface area (Å²) >= 11 is 0. The Bertz CT molecular complexity index is 385. The molecule has 2 nitrogen and oxygen atoms in total. The third-order valence-corrected chi connectivity index (χ3v) is 3.69. The number of nitrogens with zero attached hydrogens (tertiary/aromatic N) is 1. The first kappa shape index (κ1) is 17.9. The van der Waals surface area contributed by atoms with E-state index in [4.69, 9.17) is 0 Å². The lowest BCUT2D eigenvalue weighted by atomic mass is 10.1. The fourth-order valence-electron chi connectivity index (χ4n) is 2.28. The smallest absolute Gasteiger partial charge is 0.151 e. The van der Waals surface area contributed by atoms with Gasteiger partial charge in [-0.15, -0.1) is 0 Å². The van der Waals surface area contributed by atoms with Crippen molar-refractivity contribution in [2.45, 2.75) is 47.0 Å². The molecule has 0 aliphatic carbocycles. The van der Waals surface area contributed by atoms with Gasteiger partial charge in [-0.3, -0.25) is 9.69 Å². The molecule has 0 aliphatic heterocycles. The van der Waals surface area contributed by atoms with E-state index in [0.29, 0.717) is 30.6 Å². The minimum absolute atomic E-state index is 0.328. The van der Waals surface area contributed by atoms with E-state index in [9.17, 15) is 4.79 Å². The van der Waals surface area contributed by atoms with Crippen LogP contribution in [0.2, 0.25) is 0 Å². The highest BCUT2D eigenvalue weighted by atomic mass is 16.1. The summed E-state index contributed by atoms with van der Waals surface area (Å²) in [6.45, 7) is 11.6. The van der Waals surface area contributed by atoms with Crippen LogP contribution in [0, 0.1) is 11.8 Å². The van der Waals surface area contributed by atoms with Crippen molar-refractivity contribution in [1.82, 2.24) is 4.90 Å². The van der Waals surface area contributed by atoms with Gasteiger partial charge in [-0.05, 0) is 43.3 Å². The van der Waals surface area contributed by atoms with Gasteiger partial charge in [-0.1, -0.05) is 58.0 Å². The maximum absolute atomic E-state index is 12.3. The summed E-state index contributed by atoms with van der Waals surface area (Å²) in [5.41, 5.74) is 1.12. The predicted molar refractivity (Wildman–Crippen MR) is 90.5 cm³/mol. The fourth-order valence-corrected chi connectivity index (χ4v) is 2.28. The van der Waals surface area contributed by atoms with Crippen molar-refractivity contribution in [2.75, 3.05) is 19.6 Å². The Labute approximate surface area is 130 Å². The van der Waals surface area contributed by atoms with Crippen LogP contribution < -0.4 is 0 Å². The van der Waals surface area contributed by atoms with E-state index in [2.05, 4.69) is 32.6 Å². The molecule has 2 heteroatoms. The number of rotatable bonds is 10. The largest absolute Gasteiger partial charge is 0.298 e. The molecule has 0 aliphatic rings. The van der Waals surface area contributed by atoms with Crippen LogP contribution in [-0.2, 0) is 11.2 Å². The van der Waals surface area contributed by atoms with E-state index in [0.717, 1.165) is 31.5 Å². The Morgan fingerprint density at radius 3 is 1.95 bits per heavy atom. The van der Waals surface area contributed by atoms with Crippen molar-refractivity contribution in [2.24, 2.45) is 11.8 Å². The van der Waals surface area contributed by atoms with Gasteiger partial charge in [0.1, 0.15) is 0 Å². The zero-order chi connectivity index (χ0) is 15.7. The van der Waals surface area contributed by atoms with E-state index in [1.165, 1.54) is 0 Å². The van der Waals surface area contributed by atoms with Crippen LogP contribution in [0.5, 0.6) is 0 Å². The van der Waals surface area contributed by atoms with Gasteiger partial charge in [0.15, 0.2) is 5.78 Å². The molecule has 0 aromatic heterocycles. The molecule has 118 valence electrons. The Balaban J connectivity index is 2.47. The van der Waals surface area contributed by atoms with E-state index in [1.807, 2.05) is 30.3 Å². The maximum Gasteiger partial charge on any atom is 0.151 e. The first-order valence-electron chi connectivity index (χ1n) is 8.25. The Hall–Kier alpha value is -1.15. The molecule has 0 bridgehead atoms. The van der Waals surface area contributed by atoms with Crippen LogP contribution >= 0.6 is 0 Å². The number of Topliss-reactive ketones (excluding diaryl/α,β-unsaturated/α-hetero) is 1. The van der Waals surface area contributed by atoms with Crippen molar-refractivity contribution in [3.8, 4) is 0 Å². The molecule has 0 saturated carbocycles. The number of carbonyl (C=O) groups is 1. The minimum atomic E-state index is 0.328. The lowest BCUT2D eigenvalue weighted by molar-refractivity contribution is -0.119. The first-order valence-corrected chi connectivity index (χ1v) is 8.25. The SMILES string of the molecule is CC(C)CCN(CCC(C)C)CC(=O)Cc1ccccc1. The molecule has 0 amide bonds. The molecule has 0 fully saturated rings. The van der Waals surface area contributed by atoms with Gasteiger partial charge in [-0.2, -0.15) is 0 Å². The topological polar surface area (TPSA) is 20.3 Å². The molecule has 1 aromatic carbocycles. The number of hydrogen-bond acceptors (Lipinski definition) is 2. The van der Waals surface area contributed by atoms with E-state index >= 15 is 0 Å². The van der Waals surface area contributed by atoms with Crippen molar-refractivity contribution < 1.29 is 4.79 Å². The normalized spacial score (nSPS) is 11.6. The van der Waals surface area contributed by atoms with Gasteiger partial charge in [0, 0.05) is 6.42 Å². The zero-order valence-corrected chi connectivity index (χ0v) is 14.1. The highest BCUT2D eigenvalue weighted by Gasteiger charge is 2.12. The molecule has 0 unspecified atom stereocenters. The summed E-state index contributed by atoms with van der Waals surface area (Å²) in [6.07, 6.45) is 2.88. The second-order valence-corrected chi connectivity index (χ2v) is 6.84. The Morgan fingerprint density at radius 2 is 1.48 bits per heavy atom. The molecule has 0 heterocycles. The van der Waals surface area contributed by atoms with Gasteiger partial charge in [-0.25, -0.2) is 0 Å². The van der Waals surface area contributed by atoms with Gasteiger partial charge < -0.3 is 0 Å². The molecular weight excluding hydrogens is 258 g/mol. The standard InChI is InChI=1S/C19H31NO/c1-16(2)10-12-20(13-11-17(3)4)15-19(21)14-18-8-6-5-7-9-18/h5-9,16-17H,10-15H2,1-4H3. The third kappa shape index (κ3) is 8.67. The molecule has 0 atom stereocenters. The highest BCUT2D eigenvalue weighted by molar-refractivity contribution is 5.82. The molecule has 0 saturated heterocycles. The van der Waals surface area contributed by atoms with Crippen LogP contribution in [0.25, 0.3) is 0 Å². The van der Waals surface area contributed by atoms with E-state index < -0.39 is 0 Å². The Kier molecular flexibility index (Phi) is 8.29. The van der Waals surface area contributed by atoms with Crippen molar-refractivity contribution in [3.05, 3.63) is 35.9 Å². The van der Waals surface area contributed by atoms with Gasteiger partial charge in [0.05, 0.1) is 6.54 Å². The van der Waals surface area contributed by atoms with Crippen LogP contribution in [0.1, 0.15) is 46.1 Å². The third-order valence-electron chi connectivity index (χ3n) is 3.69. The van der Waals surface area contributed by atoms with Crippen LogP contribution in [0.15, 0.2) is 30.3 Å². The van der Waals surface area contributed by atoms with Crippen LogP contribution in [-0.4, -0.2) is 30.3 Å². The quantitative estimate of drug-likeness (QED) is 0.643. The fraction of sp³-hybridized carbons (Fsp3) is 0.632. The summed E-state index contributed by atoms with van der Waals surface area (Å²) < 4.78 is 0. The van der Waals surface area contributed by atoms with Gasteiger partial charge >= 0.3 is 0 Å². The average Bonchev–Trinajstić information content (AvgIpc) is 2.42. The van der Waals surface area contributed by atoms with E-state index in [1.54, 1.807) is 0 Å². The number of ketones is 1. The molecule has 1 rings (SSSR count). The summed E-state index contributed by atoms with van der Waals surface area (Å²) in [7, 11) is 0. The molecular formula is C19H31NO. The summed E-state index contributed by atoms with van der Waals surface area (Å²) in [5, 5.41) is 0. The summed E-state index contributed by atoms with van der Waals surface area (Å²) in [6, 6.07) is 10.1. The number of carbonyl (C=O) groups excluding carboxylic acids is 1. The first-order chi connectivity index (χ1) is 9.97. The Morgan fingerprint density at radius 1 is 0.952 bits per heavy atom. The second kappa shape index (κ2) is 9.73. The van der Waals surface area contributed by atoms with E-state index in [-0.39, 0.29) is 0 Å². The predicted octanol–water partition coefficient (Wildman–Crippen LogP) is 4.19. The molecule has 1 aromatic rings. The number of hydrogen-bond donors (Lipinski definition) is 0. The number of benzene rings is 1. The average molecular weight is 289 g/mol. The molecule has 21 heavy (non-hydrogen) atoms. The molecule has 0 N–H and O–H groups in total. The second-order valence-electron chi connectivity index (χ2n) is 6.84. The van der Waals surface area contributed by atoms with Crippen LogP contribution in [0.4, 0.5) is 0 Å². The van der Waals surface area contributed by atoms with Crippen LogP contribution in [0.3, 0.4) is 0 Å². The lowest BCUT2D eigenvalue weighted by Gasteiger charge is -2.23. The minimum Gasteiger partial charge on any atom is -0.298 e. The summed E-state index contributed by atoms with van der Waals surface area (Å²) in [5.74, 6) is 1.71. The van der Waals surface area contributed by atoms with Gasteiger partial charge in [0.25, 0.3) is 0 Å². The van der Waals surface area contributed by atoms with Crippen molar-refractivity contribution in [3.63, 3.8) is 0 Å². The zero-order valence-electron chi connectivity index (χ0n) is 14.1. The molecule has 0 radical (unpaired) electrons. The monoisotopic (exact) mass is 289 g/mol. The van der Waals surface area contributed by atoms with Crippen molar-refractivity contribution in [1.29, 1.82) is 0 Å². The summed E-state index contributed by atoms with van der Waals surface area (Å²) in [4.78, 5) is 14.6. The maximum atomic E-state index is 12.3. The lowest BCUT2D eigenvalue weighted by Crippen LogP contribution is -2.33. The molecule has 0 spiro atoms.